The number of hydrogen-bond donors (Lipinski definition) is 2. The van der Waals surface area contributed by atoms with E-state index < -0.39 is 5.54 Å². The molecule has 1 saturated carbocycles. The lowest BCUT2D eigenvalue weighted by Gasteiger charge is -2.35. The molecule has 3 fully saturated rings. The number of hydrogen-bond acceptors (Lipinski definition) is 4. The number of urea groups is 1. The maximum atomic E-state index is 12.8. The van der Waals surface area contributed by atoms with Gasteiger partial charge in [-0.05, 0) is 44.7 Å². The van der Waals surface area contributed by atoms with Gasteiger partial charge >= 0.3 is 6.03 Å². The number of likely N-dealkylation sites (N-methyl/N-ethyl adjacent to an activating group) is 1. The number of nitrogens with zero attached hydrogens (tertiary/aromatic N) is 2. The summed E-state index contributed by atoms with van der Waals surface area (Å²) in [5.74, 6) is 0.172. The molecule has 7 nitrogen and oxygen atoms in total. The average Bonchev–Trinajstić information content (AvgIpc) is 3.16. The molecule has 2 saturated heterocycles. The Hall–Kier alpha value is -1.63. The smallest absolute Gasteiger partial charge is 0.327 e. The zero-order valence-corrected chi connectivity index (χ0v) is 14.5. The largest absolute Gasteiger partial charge is 0.355 e. The summed E-state index contributed by atoms with van der Waals surface area (Å²) in [5, 5.41) is 6.16. The molecule has 3 rings (SSSR count). The Morgan fingerprint density at radius 3 is 2.71 bits per heavy atom. The lowest BCUT2D eigenvalue weighted by molar-refractivity contribution is -0.137. The fraction of sp³-hybridized carbons (Fsp3) is 0.824. The predicted octanol–water partition coefficient (Wildman–Crippen LogP) is 0.699. The monoisotopic (exact) mass is 336 g/mol. The molecular weight excluding hydrogens is 308 g/mol. The van der Waals surface area contributed by atoms with Crippen LogP contribution in [-0.4, -0.2) is 66.4 Å². The third kappa shape index (κ3) is 3.14. The summed E-state index contributed by atoms with van der Waals surface area (Å²) in [6.45, 7) is 2.49. The van der Waals surface area contributed by atoms with Gasteiger partial charge in [-0.3, -0.25) is 14.5 Å². The lowest BCUT2D eigenvalue weighted by atomic mass is 9.81. The SMILES string of the molecule is CN1C(=O)N(CC(=O)NCCC2CCNC2)C(=O)C12CCCCC2. The van der Waals surface area contributed by atoms with Gasteiger partial charge in [0, 0.05) is 13.6 Å². The van der Waals surface area contributed by atoms with E-state index in [2.05, 4.69) is 10.6 Å². The molecule has 7 heteroatoms. The van der Waals surface area contributed by atoms with Gasteiger partial charge in [-0.1, -0.05) is 19.3 Å². The van der Waals surface area contributed by atoms with Crippen LogP contribution in [0, 0.1) is 5.92 Å². The van der Waals surface area contributed by atoms with Gasteiger partial charge in [-0.2, -0.15) is 0 Å². The van der Waals surface area contributed by atoms with E-state index in [4.69, 9.17) is 0 Å². The molecule has 1 unspecified atom stereocenters. The minimum atomic E-state index is -0.703. The van der Waals surface area contributed by atoms with E-state index in [0.29, 0.717) is 25.3 Å². The Labute approximate surface area is 143 Å². The molecule has 3 aliphatic rings. The van der Waals surface area contributed by atoms with Gasteiger partial charge in [0.1, 0.15) is 12.1 Å². The number of rotatable bonds is 5. The van der Waals surface area contributed by atoms with Crippen LogP contribution in [-0.2, 0) is 9.59 Å². The number of carbonyl (C=O) groups excluding carboxylic acids is 3. The maximum absolute atomic E-state index is 12.8. The first-order valence-corrected chi connectivity index (χ1v) is 9.12. The first-order valence-electron chi connectivity index (χ1n) is 9.12. The quantitative estimate of drug-likeness (QED) is 0.724. The van der Waals surface area contributed by atoms with E-state index in [-0.39, 0.29) is 24.4 Å². The van der Waals surface area contributed by atoms with Crippen molar-refractivity contribution in [3.05, 3.63) is 0 Å². The molecule has 1 spiro atoms. The average molecular weight is 336 g/mol. The Morgan fingerprint density at radius 2 is 2.04 bits per heavy atom. The van der Waals surface area contributed by atoms with Gasteiger partial charge < -0.3 is 15.5 Å². The van der Waals surface area contributed by atoms with Gasteiger partial charge in [-0.15, -0.1) is 0 Å². The Kier molecular flexibility index (Phi) is 5.08. The van der Waals surface area contributed by atoms with E-state index >= 15 is 0 Å². The van der Waals surface area contributed by atoms with Gasteiger partial charge in [0.2, 0.25) is 5.91 Å². The van der Waals surface area contributed by atoms with E-state index in [9.17, 15) is 14.4 Å². The van der Waals surface area contributed by atoms with Crippen LogP contribution in [0.15, 0.2) is 0 Å². The summed E-state index contributed by atoms with van der Waals surface area (Å²) in [4.78, 5) is 40.1. The van der Waals surface area contributed by atoms with E-state index in [1.807, 2.05) is 0 Å². The Morgan fingerprint density at radius 1 is 1.29 bits per heavy atom. The first kappa shape index (κ1) is 17.2. The summed E-state index contributed by atoms with van der Waals surface area (Å²) in [6.07, 6.45) is 6.52. The molecule has 4 amide bonds. The van der Waals surface area contributed by atoms with Gasteiger partial charge in [0.15, 0.2) is 0 Å². The molecule has 0 bridgehead atoms. The molecule has 0 aromatic rings. The molecule has 0 aromatic heterocycles. The van der Waals surface area contributed by atoms with Crippen molar-refractivity contribution in [2.45, 2.75) is 50.5 Å². The third-order valence-electron chi connectivity index (χ3n) is 5.82. The van der Waals surface area contributed by atoms with Crippen LogP contribution >= 0.6 is 0 Å². The molecule has 134 valence electrons. The van der Waals surface area contributed by atoms with E-state index in [1.165, 1.54) is 0 Å². The van der Waals surface area contributed by atoms with Gasteiger partial charge in [0.25, 0.3) is 5.91 Å². The van der Waals surface area contributed by atoms with Crippen molar-refractivity contribution in [2.75, 3.05) is 33.2 Å². The number of nitrogens with one attached hydrogen (secondary N) is 2. The van der Waals surface area contributed by atoms with Crippen molar-refractivity contribution >= 4 is 17.8 Å². The van der Waals surface area contributed by atoms with Crippen LogP contribution in [0.2, 0.25) is 0 Å². The molecule has 1 atom stereocenters. The molecule has 2 N–H and O–H groups in total. The van der Waals surface area contributed by atoms with Crippen molar-refractivity contribution in [3.63, 3.8) is 0 Å². The van der Waals surface area contributed by atoms with Crippen molar-refractivity contribution in [2.24, 2.45) is 5.92 Å². The highest BCUT2D eigenvalue weighted by molar-refractivity contribution is 6.08. The Balaban J connectivity index is 1.53. The molecule has 0 aromatic carbocycles. The predicted molar refractivity (Wildman–Crippen MR) is 89.3 cm³/mol. The molecule has 0 radical (unpaired) electrons. The highest BCUT2D eigenvalue weighted by atomic mass is 16.2. The number of carbonyl (C=O) groups is 3. The van der Waals surface area contributed by atoms with Crippen LogP contribution in [0.5, 0.6) is 0 Å². The second-order valence-electron chi connectivity index (χ2n) is 7.32. The second-order valence-corrected chi connectivity index (χ2v) is 7.32. The summed E-state index contributed by atoms with van der Waals surface area (Å²) in [5.41, 5.74) is -0.703. The topological polar surface area (TPSA) is 81.8 Å². The van der Waals surface area contributed by atoms with Crippen molar-refractivity contribution in [1.82, 2.24) is 20.4 Å². The molecule has 2 aliphatic heterocycles. The highest BCUT2D eigenvalue weighted by Gasteiger charge is 2.55. The Bertz CT molecular complexity index is 510. The molecule has 24 heavy (non-hydrogen) atoms. The highest BCUT2D eigenvalue weighted by Crippen LogP contribution is 2.39. The standard InChI is InChI=1S/C17H28N4O3/c1-20-16(24)21(15(23)17(20)7-3-2-4-8-17)12-14(22)19-10-6-13-5-9-18-11-13/h13,18H,2-12H2,1H3,(H,19,22). The molecular formula is C17H28N4O3. The van der Waals surface area contributed by atoms with Crippen molar-refractivity contribution in [3.8, 4) is 0 Å². The minimum absolute atomic E-state index is 0.160. The van der Waals surface area contributed by atoms with Gasteiger partial charge in [-0.25, -0.2) is 4.79 Å². The zero-order valence-electron chi connectivity index (χ0n) is 14.5. The third-order valence-corrected chi connectivity index (χ3v) is 5.82. The van der Waals surface area contributed by atoms with E-state index in [0.717, 1.165) is 50.1 Å². The van der Waals surface area contributed by atoms with Crippen LogP contribution in [0.25, 0.3) is 0 Å². The number of amides is 4. The second kappa shape index (κ2) is 7.09. The summed E-state index contributed by atoms with van der Waals surface area (Å²) >= 11 is 0. The fourth-order valence-electron chi connectivity index (χ4n) is 4.25. The van der Waals surface area contributed by atoms with Crippen LogP contribution in [0.1, 0.15) is 44.9 Å². The van der Waals surface area contributed by atoms with Crippen LogP contribution in [0.4, 0.5) is 4.79 Å². The van der Waals surface area contributed by atoms with Crippen molar-refractivity contribution < 1.29 is 14.4 Å². The maximum Gasteiger partial charge on any atom is 0.327 e. The lowest BCUT2D eigenvalue weighted by Crippen LogP contribution is -2.49. The summed E-state index contributed by atoms with van der Waals surface area (Å²) in [7, 11) is 1.69. The normalized spacial score (nSPS) is 26.5. The van der Waals surface area contributed by atoms with Crippen LogP contribution < -0.4 is 10.6 Å². The first-order chi connectivity index (χ1) is 11.5. The van der Waals surface area contributed by atoms with Gasteiger partial charge in [0.05, 0.1) is 0 Å². The van der Waals surface area contributed by atoms with Crippen LogP contribution in [0.3, 0.4) is 0 Å². The molecule has 1 aliphatic carbocycles. The zero-order chi connectivity index (χ0) is 17.2. The summed E-state index contributed by atoms with van der Waals surface area (Å²) < 4.78 is 0. The summed E-state index contributed by atoms with van der Waals surface area (Å²) in [6, 6.07) is -0.336. The number of imide groups is 1. The minimum Gasteiger partial charge on any atom is -0.355 e. The van der Waals surface area contributed by atoms with E-state index in [1.54, 1.807) is 11.9 Å². The van der Waals surface area contributed by atoms with Crippen molar-refractivity contribution in [1.29, 1.82) is 0 Å². The molecule has 2 heterocycles. The fourth-order valence-corrected chi connectivity index (χ4v) is 4.25.